The Bertz CT molecular complexity index is 739. The third kappa shape index (κ3) is 4.48. The average Bonchev–Trinajstić information content (AvgIpc) is 2.67. The van der Waals surface area contributed by atoms with E-state index in [2.05, 4.69) is 17.5 Å². The molecule has 1 N–H and O–H groups in total. The Hall–Kier alpha value is -1.70. The van der Waals surface area contributed by atoms with E-state index in [1.54, 1.807) is 12.1 Å². The molecule has 1 heterocycles. The number of carbonyl (C=O) groups is 1. The van der Waals surface area contributed by atoms with Gasteiger partial charge in [0.2, 0.25) is 10.0 Å². The van der Waals surface area contributed by atoms with Gasteiger partial charge < -0.3 is 10.1 Å². The van der Waals surface area contributed by atoms with Crippen molar-refractivity contribution in [3.63, 3.8) is 0 Å². The summed E-state index contributed by atoms with van der Waals surface area (Å²) in [5, 5.41) is 2.93. The second-order valence-corrected chi connectivity index (χ2v) is 8.34. The quantitative estimate of drug-likeness (QED) is 0.809. The van der Waals surface area contributed by atoms with Crippen molar-refractivity contribution in [1.29, 1.82) is 0 Å². The van der Waals surface area contributed by atoms with Gasteiger partial charge in [-0.2, -0.15) is 4.31 Å². The zero-order valence-corrected chi connectivity index (χ0v) is 15.0. The molecule has 6 nitrogen and oxygen atoms in total. The minimum absolute atomic E-state index is 0.155. The first-order valence-electron chi connectivity index (χ1n) is 8.68. The van der Waals surface area contributed by atoms with Gasteiger partial charge in [-0.3, -0.25) is 4.79 Å². The van der Waals surface area contributed by atoms with Gasteiger partial charge in [-0.05, 0) is 43.4 Å². The van der Waals surface area contributed by atoms with Crippen molar-refractivity contribution in [3.8, 4) is 0 Å². The molecule has 2 aliphatic rings. The summed E-state index contributed by atoms with van der Waals surface area (Å²) in [6, 6.07) is 6.26. The molecule has 0 radical (unpaired) electrons. The molecule has 0 spiro atoms. The Morgan fingerprint density at radius 3 is 2.76 bits per heavy atom. The second kappa shape index (κ2) is 8.12. The maximum absolute atomic E-state index is 12.7. The van der Waals surface area contributed by atoms with Crippen molar-refractivity contribution in [1.82, 2.24) is 9.62 Å². The van der Waals surface area contributed by atoms with E-state index in [1.807, 2.05) is 0 Å². The van der Waals surface area contributed by atoms with Gasteiger partial charge in [0.1, 0.15) is 0 Å². The lowest BCUT2D eigenvalue weighted by Crippen LogP contribution is -2.40. The summed E-state index contributed by atoms with van der Waals surface area (Å²) < 4.78 is 32.0. The van der Waals surface area contributed by atoms with E-state index in [0.29, 0.717) is 44.3 Å². The summed E-state index contributed by atoms with van der Waals surface area (Å²) in [7, 11) is -3.59. The molecule has 1 aromatic rings. The maximum Gasteiger partial charge on any atom is 0.251 e. The summed E-state index contributed by atoms with van der Waals surface area (Å²) in [6.07, 6.45) is 7.41. The van der Waals surface area contributed by atoms with Gasteiger partial charge in [-0.25, -0.2) is 8.42 Å². The lowest BCUT2D eigenvalue weighted by atomic mass is 9.94. The molecule has 1 amide bonds. The predicted molar refractivity (Wildman–Crippen MR) is 94.8 cm³/mol. The van der Waals surface area contributed by atoms with Gasteiger partial charge in [0.25, 0.3) is 5.91 Å². The van der Waals surface area contributed by atoms with E-state index in [-0.39, 0.29) is 10.8 Å². The molecule has 1 unspecified atom stereocenters. The Morgan fingerprint density at radius 1 is 1.24 bits per heavy atom. The molecule has 25 heavy (non-hydrogen) atoms. The van der Waals surface area contributed by atoms with E-state index in [4.69, 9.17) is 4.74 Å². The van der Waals surface area contributed by atoms with E-state index in [9.17, 15) is 13.2 Å². The van der Waals surface area contributed by atoms with Gasteiger partial charge in [-0.15, -0.1) is 0 Å². The van der Waals surface area contributed by atoms with E-state index < -0.39 is 10.0 Å². The van der Waals surface area contributed by atoms with Crippen molar-refractivity contribution in [2.24, 2.45) is 5.92 Å². The Balaban J connectivity index is 1.67. The fourth-order valence-electron chi connectivity index (χ4n) is 3.11. The van der Waals surface area contributed by atoms with Gasteiger partial charge in [0.05, 0.1) is 18.1 Å². The molecule has 1 fully saturated rings. The maximum atomic E-state index is 12.7. The number of ether oxygens (including phenoxy) is 1. The van der Waals surface area contributed by atoms with E-state index >= 15 is 0 Å². The van der Waals surface area contributed by atoms with Gasteiger partial charge in [-0.1, -0.05) is 18.2 Å². The summed E-state index contributed by atoms with van der Waals surface area (Å²) >= 11 is 0. The first-order chi connectivity index (χ1) is 12.1. The molecule has 0 aromatic heterocycles. The van der Waals surface area contributed by atoms with Gasteiger partial charge in [0.15, 0.2) is 0 Å². The smallest absolute Gasteiger partial charge is 0.251 e. The molecule has 3 rings (SSSR count). The summed E-state index contributed by atoms with van der Waals surface area (Å²) in [5.74, 6) is 0.225. The van der Waals surface area contributed by atoms with Crippen LogP contribution in [0, 0.1) is 5.92 Å². The van der Waals surface area contributed by atoms with Crippen molar-refractivity contribution in [2.45, 2.75) is 24.2 Å². The zero-order valence-electron chi connectivity index (χ0n) is 14.2. The Labute approximate surface area is 148 Å². The van der Waals surface area contributed by atoms with Crippen LogP contribution in [0.4, 0.5) is 0 Å². The number of nitrogens with one attached hydrogen (secondary N) is 1. The summed E-state index contributed by atoms with van der Waals surface area (Å²) in [6.45, 7) is 2.09. The average molecular weight is 364 g/mol. The highest BCUT2D eigenvalue weighted by molar-refractivity contribution is 7.89. The molecule has 1 saturated heterocycles. The van der Waals surface area contributed by atoms with Crippen molar-refractivity contribution >= 4 is 15.9 Å². The number of hydrogen-bond donors (Lipinski definition) is 1. The number of allylic oxidation sites excluding steroid dienone is 2. The topological polar surface area (TPSA) is 75.7 Å². The largest absolute Gasteiger partial charge is 0.379 e. The van der Waals surface area contributed by atoms with Gasteiger partial charge in [0, 0.05) is 25.2 Å². The van der Waals surface area contributed by atoms with Crippen LogP contribution in [0.1, 0.15) is 29.6 Å². The number of benzene rings is 1. The number of sulfonamides is 1. The molecular weight excluding hydrogens is 340 g/mol. The number of amides is 1. The predicted octanol–water partition coefficient (Wildman–Crippen LogP) is 1.79. The number of nitrogens with zero attached hydrogens (tertiary/aromatic N) is 1. The Kier molecular flexibility index (Phi) is 5.88. The second-order valence-electron chi connectivity index (χ2n) is 6.40. The van der Waals surface area contributed by atoms with Crippen molar-refractivity contribution < 1.29 is 17.9 Å². The minimum Gasteiger partial charge on any atom is -0.379 e. The molecular formula is C18H24N2O4S. The van der Waals surface area contributed by atoms with Gasteiger partial charge >= 0.3 is 0 Å². The minimum atomic E-state index is -3.59. The van der Waals surface area contributed by atoms with Crippen LogP contribution >= 0.6 is 0 Å². The lowest BCUT2D eigenvalue weighted by Gasteiger charge is -2.26. The molecule has 0 bridgehead atoms. The number of morpholine rings is 1. The third-order valence-electron chi connectivity index (χ3n) is 4.63. The van der Waals surface area contributed by atoms with Crippen LogP contribution in [0.2, 0.25) is 0 Å². The number of carbonyl (C=O) groups excluding carboxylic acids is 1. The fourth-order valence-corrected chi connectivity index (χ4v) is 4.57. The molecule has 0 saturated carbocycles. The molecule has 136 valence electrons. The van der Waals surface area contributed by atoms with Crippen LogP contribution in [0.5, 0.6) is 0 Å². The first-order valence-corrected chi connectivity index (χ1v) is 10.1. The highest BCUT2D eigenvalue weighted by Crippen LogP contribution is 2.19. The van der Waals surface area contributed by atoms with Crippen LogP contribution < -0.4 is 5.32 Å². The van der Waals surface area contributed by atoms with E-state index in [1.165, 1.54) is 16.4 Å². The monoisotopic (exact) mass is 364 g/mol. The first kappa shape index (κ1) is 18.1. The fraction of sp³-hybridized carbons (Fsp3) is 0.500. The normalized spacial score (nSPS) is 21.8. The molecule has 1 aromatic carbocycles. The number of rotatable bonds is 5. The molecule has 1 aliphatic carbocycles. The van der Waals surface area contributed by atoms with Crippen molar-refractivity contribution in [2.75, 3.05) is 32.8 Å². The number of hydrogen-bond acceptors (Lipinski definition) is 4. The van der Waals surface area contributed by atoms with E-state index in [0.717, 1.165) is 19.3 Å². The highest BCUT2D eigenvalue weighted by Gasteiger charge is 2.26. The zero-order chi connectivity index (χ0) is 17.7. The third-order valence-corrected chi connectivity index (χ3v) is 6.53. The summed E-state index contributed by atoms with van der Waals surface area (Å²) in [5.41, 5.74) is 0.376. The van der Waals surface area contributed by atoms with Crippen molar-refractivity contribution in [3.05, 3.63) is 42.0 Å². The SMILES string of the molecule is O=C(NCC1CC=CCC1)c1cccc(S(=O)(=O)N2CCOCC2)c1. The van der Waals surface area contributed by atoms with Crippen LogP contribution in [0.15, 0.2) is 41.3 Å². The lowest BCUT2D eigenvalue weighted by molar-refractivity contribution is 0.0730. The molecule has 7 heteroatoms. The highest BCUT2D eigenvalue weighted by atomic mass is 32.2. The summed E-state index contributed by atoms with van der Waals surface area (Å²) in [4.78, 5) is 12.5. The molecule has 1 aliphatic heterocycles. The standard InChI is InChI=1S/C18H24N2O4S/c21-18(19-14-15-5-2-1-3-6-15)16-7-4-8-17(13-16)25(22,23)20-9-11-24-12-10-20/h1-2,4,7-8,13,15H,3,5-6,9-12,14H2,(H,19,21). The van der Waals surface area contributed by atoms with Crippen LogP contribution in [0.3, 0.4) is 0 Å². The van der Waals surface area contributed by atoms with Crippen LogP contribution in [-0.4, -0.2) is 51.5 Å². The van der Waals surface area contributed by atoms with Crippen LogP contribution in [-0.2, 0) is 14.8 Å². The van der Waals surface area contributed by atoms with Crippen LogP contribution in [0.25, 0.3) is 0 Å². The Morgan fingerprint density at radius 2 is 2.04 bits per heavy atom. The molecule has 1 atom stereocenters.